The maximum atomic E-state index is 12.1. The van der Waals surface area contributed by atoms with Gasteiger partial charge in [-0.25, -0.2) is 0 Å². The van der Waals surface area contributed by atoms with Gasteiger partial charge in [-0.2, -0.15) is 5.10 Å². The lowest BCUT2D eigenvalue weighted by atomic mass is 10.1. The topological polar surface area (TPSA) is 69.0 Å². The summed E-state index contributed by atoms with van der Waals surface area (Å²) in [7, 11) is 3.48. The molecule has 0 unspecified atom stereocenters. The van der Waals surface area contributed by atoms with Gasteiger partial charge in [0.1, 0.15) is 5.75 Å². The van der Waals surface area contributed by atoms with Crippen molar-refractivity contribution in [3.8, 4) is 17.0 Å². The molecule has 0 fully saturated rings. The number of nitrogens with zero attached hydrogens (tertiary/aromatic N) is 3. The number of amides is 1. The van der Waals surface area contributed by atoms with Gasteiger partial charge >= 0.3 is 0 Å². The molecule has 0 aliphatic rings. The van der Waals surface area contributed by atoms with Crippen molar-refractivity contribution >= 4 is 5.91 Å². The molecule has 1 amide bonds. The maximum absolute atomic E-state index is 12.1. The molecule has 0 saturated heterocycles. The van der Waals surface area contributed by atoms with Crippen LogP contribution in [0.25, 0.3) is 11.3 Å². The first-order chi connectivity index (χ1) is 12.1. The summed E-state index contributed by atoms with van der Waals surface area (Å²) in [6.45, 7) is 0.448. The van der Waals surface area contributed by atoms with Crippen LogP contribution in [-0.4, -0.2) is 27.8 Å². The average molecular weight is 336 g/mol. The quantitative estimate of drug-likeness (QED) is 0.750. The minimum atomic E-state index is -0.0374. The predicted octanol–water partition coefficient (Wildman–Crippen LogP) is 2.35. The zero-order valence-electron chi connectivity index (χ0n) is 14.3. The highest BCUT2D eigenvalue weighted by atomic mass is 16.5. The van der Waals surface area contributed by atoms with Gasteiger partial charge < -0.3 is 10.1 Å². The van der Waals surface area contributed by atoms with Gasteiger partial charge in [0, 0.05) is 31.5 Å². The van der Waals surface area contributed by atoms with E-state index in [2.05, 4.69) is 15.4 Å². The minimum absolute atomic E-state index is 0.0374. The van der Waals surface area contributed by atoms with Gasteiger partial charge in [0.05, 0.1) is 25.4 Å². The molecule has 6 heteroatoms. The van der Waals surface area contributed by atoms with E-state index < -0.39 is 0 Å². The first kappa shape index (κ1) is 16.7. The molecule has 1 N–H and O–H groups in total. The smallest absolute Gasteiger partial charge is 0.224 e. The van der Waals surface area contributed by atoms with Crippen LogP contribution in [0.1, 0.15) is 11.1 Å². The van der Waals surface area contributed by atoms with Crippen molar-refractivity contribution in [2.45, 2.75) is 13.0 Å². The van der Waals surface area contributed by atoms with Gasteiger partial charge in [-0.3, -0.25) is 14.5 Å². The van der Waals surface area contributed by atoms with Crippen molar-refractivity contribution < 1.29 is 9.53 Å². The van der Waals surface area contributed by atoms with Crippen LogP contribution in [0, 0.1) is 0 Å². The fourth-order valence-corrected chi connectivity index (χ4v) is 2.48. The highest BCUT2D eigenvalue weighted by Crippen LogP contribution is 2.16. The lowest BCUT2D eigenvalue weighted by molar-refractivity contribution is -0.120. The SMILES string of the molecule is COc1cccc(CC(=O)NCc2ccc(-c3cnn(C)c3)nc2)c1. The molecular weight excluding hydrogens is 316 g/mol. The number of aryl methyl sites for hydroxylation is 1. The molecule has 2 heterocycles. The zero-order valence-corrected chi connectivity index (χ0v) is 14.3. The molecule has 0 atom stereocenters. The second-order valence-electron chi connectivity index (χ2n) is 5.76. The summed E-state index contributed by atoms with van der Waals surface area (Å²) >= 11 is 0. The number of carbonyl (C=O) groups excluding carboxylic acids is 1. The lowest BCUT2D eigenvalue weighted by Gasteiger charge is -2.07. The summed E-state index contributed by atoms with van der Waals surface area (Å²) in [5.41, 5.74) is 3.70. The van der Waals surface area contributed by atoms with E-state index in [9.17, 15) is 4.79 Å². The molecule has 2 aromatic heterocycles. The molecule has 25 heavy (non-hydrogen) atoms. The van der Waals surface area contributed by atoms with Gasteiger partial charge in [-0.1, -0.05) is 18.2 Å². The molecule has 0 radical (unpaired) electrons. The van der Waals surface area contributed by atoms with E-state index in [4.69, 9.17) is 4.74 Å². The van der Waals surface area contributed by atoms with Crippen molar-refractivity contribution in [2.75, 3.05) is 7.11 Å². The molecule has 0 saturated carbocycles. The third-order valence-electron chi connectivity index (χ3n) is 3.81. The Morgan fingerprint density at radius 1 is 1.20 bits per heavy atom. The van der Waals surface area contributed by atoms with Crippen LogP contribution in [0.2, 0.25) is 0 Å². The third-order valence-corrected chi connectivity index (χ3v) is 3.81. The first-order valence-electron chi connectivity index (χ1n) is 7.97. The van der Waals surface area contributed by atoms with Gasteiger partial charge in [-0.15, -0.1) is 0 Å². The summed E-state index contributed by atoms with van der Waals surface area (Å²) in [6, 6.07) is 11.4. The number of carbonyl (C=O) groups is 1. The Morgan fingerprint density at radius 2 is 2.08 bits per heavy atom. The van der Waals surface area contributed by atoms with E-state index in [-0.39, 0.29) is 5.91 Å². The molecule has 1 aromatic carbocycles. The molecule has 0 spiro atoms. The fourth-order valence-electron chi connectivity index (χ4n) is 2.48. The number of aromatic nitrogens is 3. The molecule has 6 nitrogen and oxygen atoms in total. The van der Waals surface area contributed by atoms with Crippen LogP contribution in [0.5, 0.6) is 5.75 Å². The first-order valence-corrected chi connectivity index (χ1v) is 7.97. The number of benzene rings is 1. The van der Waals surface area contributed by atoms with Gasteiger partial charge in [-0.05, 0) is 29.3 Å². The Balaban J connectivity index is 1.55. The van der Waals surface area contributed by atoms with E-state index >= 15 is 0 Å². The number of ether oxygens (including phenoxy) is 1. The van der Waals surface area contributed by atoms with Crippen molar-refractivity contribution in [3.63, 3.8) is 0 Å². The Hall–Kier alpha value is -3.15. The Kier molecular flexibility index (Phi) is 5.09. The van der Waals surface area contributed by atoms with Crippen LogP contribution >= 0.6 is 0 Å². The van der Waals surface area contributed by atoms with E-state index in [1.165, 1.54) is 0 Å². The normalized spacial score (nSPS) is 10.5. The molecule has 3 rings (SSSR count). The molecule has 3 aromatic rings. The minimum Gasteiger partial charge on any atom is -0.497 e. The van der Waals surface area contributed by atoms with Crippen LogP contribution in [0.4, 0.5) is 0 Å². The number of nitrogens with one attached hydrogen (secondary N) is 1. The van der Waals surface area contributed by atoms with Crippen molar-refractivity contribution in [1.29, 1.82) is 0 Å². The van der Waals surface area contributed by atoms with Crippen molar-refractivity contribution in [2.24, 2.45) is 7.05 Å². The Morgan fingerprint density at radius 3 is 2.76 bits per heavy atom. The van der Waals surface area contributed by atoms with Gasteiger partial charge in [0.25, 0.3) is 0 Å². The summed E-state index contributed by atoms with van der Waals surface area (Å²) in [5.74, 6) is 0.713. The van der Waals surface area contributed by atoms with E-state index in [0.29, 0.717) is 13.0 Å². The largest absolute Gasteiger partial charge is 0.497 e. The fraction of sp³-hybridized carbons (Fsp3) is 0.211. The molecule has 0 aliphatic heterocycles. The predicted molar refractivity (Wildman–Crippen MR) is 95.0 cm³/mol. The van der Waals surface area contributed by atoms with Crippen LogP contribution in [-0.2, 0) is 24.8 Å². The Labute approximate surface area is 146 Å². The molecule has 0 aliphatic carbocycles. The second kappa shape index (κ2) is 7.61. The van der Waals surface area contributed by atoms with Crippen LogP contribution in [0.3, 0.4) is 0 Å². The second-order valence-corrected chi connectivity index (χ2v) is 5.76. The standard InChI is InChI=1S/C19H20N4O2/c1-23-13-16(12-22-23)18-7-6-15(10-20-18)11-21-19(24)9-14-4-3-5-17(8-14)25-2/h3-8,10,12-13H,9,11H2,1-2H3,(H,21,24). The van der Waals surface area contributed by atoms with Crippen LogP contribution in [0.15, 0.2) is 55.0 Å². The molecular formula is C19H20N4O2. The Bertz CT molecular complexity index is 856. The summed E-state index contributed by atoms with van der Waals surface area (Å²) in [4.78, 5) is 16.5. The third kappa shape index (κ3) is 4.44. The van der Waals surface area contributed by atoms with Crippen molar-refractivity contribution in [3.05, 3.63) is 66.1 Å². The average Bonchev–Trinajstić information content (AvgIpc) is 3.07. The number of rotatable bonds is 6. The monoisotopic (exact) mass is 336 g/mol. The number of hydrogen-bond donors (Lipinski definition) is 1. The number of methoxy groups -OCH3 is 1. The summed E-state index contributed by atoms with van der Waals surface area (Å²) in [6.07, 6.45) is 5.78. The molecule has 128 valence electrons. The van der Waals surface area contributed by atoms with E-state index in [1.54, 1.807) is 24.2 Å². The number of pyridine rings is 1. The zero-order chi connectivity index (χ0) is 17.6. The summed E-state index contributed by atoms with van der Waals surface area (Å²) in [5, 5.41) is 7.05. The van der Waals surface area contributed by atoms with Crippen molar-refractivity contribution in [1.82, 2.24) is 20.1 Å². The summed E-state index contributed by atoms with van der Waals surface area (Å²) < 4.78 is 6.91. The number of hydrogen-bond acceptors (Lipinski definition) is 4. The highest BCUT2D eigenvalue weighted by Gasteiger charge is 2.06. The van der Waals surface area contributed by atoms with Gasteiger partial charge in [0.15, 0.2) is 0 Å². The van der Waals surface area contributed by atoms with Gasteiger partial charge in [0.2, 0.25) is 5.91 Å². The molecule has 0 bridgehead atoms. The van der Waals surface area contributed by atoms with E-state index in [0.717, 1.165) is 28.1 Å². The highest BCUT2D eigenvalue weighted by molar-refractivity contribution is 5.78. The maximum Gasteiger partial charge on any atom is 0.224 e. The lowest BCUT2D eigenvalue weighted by Crippen LogP contribution is -2.24. The van der Waals surface area contributed by atoms with E-state index in [1.807, 2.05) is 49.6 Å². The van der Waals surface area contributed by atoms with Crippen LogP contribution < -0.4 is 10.1 Å².